The van der Waals surface area contributed by atoms with Crippen LogP contribution in [-0.4, -0.2) is 22.1 Å². The van der Waals surface area contributed by atoms with Crippen LogP contribution in [0.4, 0.5) is 0 Å². The molecule has 0 bridgehead atoms. The summed E-state index contributed by atoms with van der Waals surface area (Å²) in [7, 11) is 0. The summed E-state index contributed by atoms with van der Waals surface area (Å²) in [4.78, 5) is 38.1. The average Bonchev–Trinajstić information content (AvgIpc) is 2.41. The number of esters is 1. The lowest BCUT2D eigenvalue weighted by atomic mass is 10.2. The third-order valence-electron chi connectivity index (χ3n) is 2.66. The van der Waals surface area contributed by atoms with Gasteiger partial charge in [-0.25, -0.2) is 9.36 Å². The zero-order chi connectivity index (χ0) is 14.7. The minimum absolute atomic E-state index is 0.0685. The number of H-pyrrole nitrogens is 1. The van der Waals surface area contributed by atoms with E-state index in [0.29, 0.717) is 16.5 Å². The van der Waals surface area contributed by atoms with Crippen molar-refractivity contribution in [2.24, 2.45) is 0 Å². The molecule has 6 nitrogen and oxygen atoms in total. The first-order chi connectivity index (χ1) is 9.49. The standard InChI is InChI=1S/C14H14N2O4/c1-9(2)8-20-12(17)7-16-13(18)10-5-3-4-6-11(10)15-14(16)19/h3-6H,1,7-8H2,2H3,(H,15,19). The lowest BCUT2D eigenvalue weighted by Gasteiger charge is -2.07. The van der Waals surface area contributed by atoms with Crippen molar-refractivity contribution in [3.05, 3.63) is 57.3 Å². The van der Waals surface area contributed by atoms with Crippen LogP contribution in [0.5, 0.6) is 0 Å². The molecule has 1 N–H and O–H groups in total. The van der Waals surface area contributed by atoms with E-state index < -0.39 is 23.8 Å². The fourth-order valence-corrected chi connectivity index (χ4v) is 1.72. The van der Waals surface area contributed by atoms with Gasteiger partial charge in [0.05, 0.1) is 10.9 Å². The van der Waals surface area contributed by atoms with Gasteiger partial charge in [-0.15, -0.1) is 0 Å². The van der Waals surface area contributed by atoms with Gasteiger partial charge in [0.15, 0.2) is 0 Å². The molecular weight excluding hydrogens is 260 g/mol. The second kappa shape index (κ2) is 5.56. The van der Waals surface area contributed by atoms with Crippen LogP contribution in [-0.2, 0) is 16.1 Å². The first-order valence-corrected chi connectivity index (χ1v) is 6.01. The van der Waals surface area contributed by atoms with Crippen molar-refractivity contribution in [2.45, 2.75) is 13.5 Å². The number of nitrogens with zero attached hydrogens (tertiary/aromatic N) is 1. The summed E-state index contributed by atoms with van der Waals surface area (Å²) in [5, 5.41) is 0.347. The Kier molecular flexibility index (Phi) is 3.84. The van der Waals surface area contributed by atoms with Crippen LogP contribution in [0, 0.1) is 0 Å². The van der Waals surface area contributed by atoms with Crippen molar-refractivity contribution in [3.63, 3.8) is 0 Å². The monoisotopic (exact) mass is 274 g/mol. The summed E-state index contributed by atoms with van der Waals surface area (Å²) in [5.74, 6) is -0.657. The Morgan fingerprint density at radius 2 is 2.05 bits per heavy atom. The number of rotatable bonds is 4. The smallest absolute Gasteiger partial charge is 0.329 e. The van der Waals surface area contributed by atoms with Gasteiger partial charge in [-0.05, 0) is 24.6 Å². The number of hydrogen-bond donors (Lipinski definition) is 1. The van der Waals surface area contributed by atoms with E-state index in [-0.39, 0.29) is 6.61 Å². The summed E-state index contributed by atoms with van der Waals surface area (Å²) in [6, 6.07) is 6.61. The number of benzene rings is 1. The molecule has 1 aromatic carbocycles. The number of nitrogens with one attached hydrogen (secondary N) is 1. The number of carbonyl (C=O) groups excluding carboxylic acids is 1. The molecular formula is C14H14N2O4. The molecule has 2 aromatic rings. The van der Waals surface area contributed by atoms with Gasteiger partial charge in [0.1, 0.15) is 13.2 Å². The molecule has 0 saturated heterocycles. The Hall–Kier alpha value is -2.63. The van der Waals surface area contributed by atoms with Crippen LogP contribution >= 0.6 is 0 Å². The third kappa shape index (κ3) is 2.85. The molecule has 0 radical (unpaired) electrons. The maximum atomic E-state index is 12.1. The number of ether oxygens (including phenoxy) is 1. The van der Waals surface area contributed by atoms with Gasteiger partial charge in [-0.2, -0.15) is 0 Å². The zero-order valence-corrected chi connectivity index (χ0v) is 11.0. The molecule has 0 amide bonds. The normalized spacial score (nSPS) is 10.4. The number of aromatic amines is 1. The van der Waals surface area contributed by atoms with Crippen molar-refractivity contribution in [1.82, 2.24) is 9.55 Å². The maximum absolute atomic E-state index is 12.1. The number of aromatic nitrogens is 2. The number of para-hydroxylation sites is 1. The fourth-order valence-electron chi connectivity index (χ4n) is 1.72. The lowest BCUT2D eigenvalue weighted by molar-refractivity contribution is -0.143. The molecule has 20 heavy (non-hydrogen) atoms. The summed E-state index contributed by atoms with van der Waals surface area (Å²) in [6.07, 6.45) is 0. The van der Waals surface area contributed by atoms with Crippen LogP contribution in [0.15, 0.2) is 46.0 Å². The molecule has 0 unspecified atom stereocenters. The molecule has 0 aliphatic carbocycles. The van der Waals surface area contributed by atoms with E-state index in [0.717, 1.165) is 4.57 Å². The number of fused-ring (bicyclic) bond motifs is 1. The summed E-state index contributed by atoms with van der Waals surface area (Å²) < 4.78 is 5.70. The van der Waals surface area contributed by atoms with Gasteiger partial charge >= 0.3 is 11.7 Å². The molecule has 0 atom stereocenters. The molecule has 6 heteroatoms. The second-order valence-electron chi connectivity index (χ2n) is 4.48. The van der Waals surface area contributed by atoms with Crippen LogP contribution in [0.3, 0.4) is 0 Å². The van der Waals surface area contributed by atoms with E-state index >= 15 is 0 Å². The minimum Gasteiger partial charge on any atom is -0.460 e. The van der Waals surface area contributed by atoms with E-state index in [2.05, 4.69) is 11.6 Å². The van der Waals surface area contributed by atoms with E-state index in [1.165, 1.54) is 0 Å². The molecule has 1 heterocycles. The van der Waals surface area contributed by atoms with Gasteiger partial charge in [-0.1, -0.05) is 18.7 Å². The molecule has 0 fully saturated rings. The van der Waals surface area contributed by atoms with Gasteiger partial charge in [0.2, 0.25) is 0 Å². The highest BCUT2D eigenvalue weighted by Crippen LogP contribution is 2.02. The quantitative estimate of drug-likeness (QED) is 0.660. The van der Waals surface area contributed by atoms with Crippen molar-refractivity contribution >= 4 is 16.9 Å². The highest BCUT2D eigenvalue weighted by Gasteiger charge is 2.11. The predicted octanol–water partition coefficient (Wildman–Crippen LogP) is 0.809. The summed E-state index contributed by atoms with van der Waals surface area (Å²) >= 11 is 0. The molecule has 104 valence electrons. The van der Waals surface area contributed by atoms with Crippen molar-refractivity contribution < 1.29 is 9.53 Å². The first kappa shape index (κ1) is 13.8. The summed E-state index contributed by atoms with van der Waals surface area (Å²) in [6.45, 7) is 4.95. The molecule has 2 rings (SSSR count). The minimum atomic E-state index is -0.657. The predicted molar refractivity (Wildman–Crippen MR) is 74.6 cm³/mol. The van der Waals surface area contributed by atoms with E-state index in [1.807, 2.05) is 0 Å². The molecule has 0 saturated carbocycles. The Morgan fingerprint density at radius 3 is 2.75 bits per heavy atom. The van der Waals surface area contributed by atoms with E-state index in [1.54, 1.807) is 31.2 Å². The fraction of sp³-hybridized carbons (Fsp3) is 0.214. The maximum Gasteiger partial charge on any atom is 0.329 e. The SMILES string of the molecule is C=C(C)COC(=O)Cn1c(=O)[nH]c2ccccc2c1=O. The Bertz CT molecular complexity index is 786. The van der Waals surface area contributed by atoms with Crippen LogP contribution in [0.2, 0.25) is 0 Å². The van der Waals surface area contributed by atoms with Gasteiger partial charge in [0.25, 0.3) is 5.56 Å². The van der Waals surface area contributed by atoms with Gasteiger partial charge < -0.3 is 9.72 Å². The van der Waals surface area contributed by atoms with Crippen molar-refractivity contribution in [1.29, 1.82) is 0 Å². The molecule has 0 spiro atoms. The number of hydrogen-bond acceptors (Lipinski definition) is 4. The highest BCUT2D eigenvalue weighted by atomic mass is 16.5. The largest absolute Gasteiger partial charge is 0.460 e. The van der Waals surface area contributed by atoms with Crippen LogP contribution in [0.25, 0.3) is 10.9 Å². The van der Waals surface area contributed by atoms with Gasteiger partial charge in [-0.3, -0.25) is 9.59 Å². The topological polar surface area (TPSA) is 81.2 Å². The lowest BCUT2D eigenvalue weighted by Crippen LogP contribution is -2.37. The second-order valence-corrected chi connectivity index (χ2v) is 4.48. The van der Waals surface area contributed by atoms with Crippen molar-refractivity contribution in [3.8, 4) is 0 Å². The van der Waals surface area contributed by atoms with Gasteiger partial charge in [0, 0.05) is 0 Å². The first-order valence-electron chi connectivity index (χ1n) is 6.01. The van der Waals surface area contributed by atoms with E-state index in [4.69, 9.17) is 4.74 Å². The van der Waals surface area contributed by atoms with Crippen LogP contribution < -0.4 is 11.2 Å². The van der Waals surface area contributed by atoms with Crippen molar-refractivity contribution in [2.75, 3.05) is 6.61 Å². The Balaban J connectivity index is 2.35. The summed E-state index contributed by atoms with van der Waals surface area (Å²) in [5.41, 5.74) is -0.0372. The van der Waals surface area contributed by atoms with Crippen LogP contribution in [0.1, 0.15) is 6.92 Å². The molecule has 0 aliphatic rings. The molecule has 0 aliphatic heterocycles. The zero-order valence-electron chi connectivity index (χ0n) is 11.0. The third-order valence-corrected chi connectivity index (χ3v) is 2.66. The molecule has 1 aromatic heterocycles. The Labute approximate surface area is 114 Å². The number of carbonyl (C=O) groups is 1. The highest BCUT2D eigenvalue weighted by molar-refractivity contribution is 5.77. The Morgan fingerprint density at radius 1 is 1.35 bits per heavy atom. The average molecular weight is 274 g/mol. The van der Waals surface area contributed by atoms with E-state index in [9.17, 15) is 14.4 Å².